The number of hydrogen-bond donors (Lipinski definition) is 1. The molecule has 1 N–H and O–H groups in total. The van der Waals surface area contributed by atoms with Crippen LogP contribution in [0.4, 0.5) is 0 Å². The summed E-state index contributed by atoms with van der Waals surface area (Å²) in [6.07, 6.45) is 4.11. The molecule has 30 heavy (non-hydrogen) atoms. The average molecular weight is 491 g/mol. The summed E-state index contributed by atoms with van der Waals surface area (Å²) in [6, 6.07) is 13.9. The van der Waals surface area contributed by atoms with Gasteiger partial charge in [-0.05, 0) is 48.2 Å². The van der Waals surface area contributed by atoms with Crippen molar-refractivity contribution in [2.45, 2.75) is 23.8 Å². The molecular formula is C20H22Cl3N3O3S. The molecule has 162 valence electrons. The smallest absolute Gasteiger partial charge is 0.291 e. The minimum Gasteiger partial charge on any atom is -0.360 e. The molecule has 0 saturated carbocycles. The minimum absolute atomic E-state index is 0.502. The molecular weight excluding hydrogens is 469 g/mol. The van der Waals surface area contributed by atoms with Crippen LogP contribution in [0.15, 0.2) is 47.5 Å². The summed E-state index contributed by atoms with van der Waals surface area (Å²) in [6.45, 7) is 2.92. The molecule has 3 rings (SSSR count). The Morgan fingerprint density at radius 1 is 1.17 bits per heavy atom. The molecule has 0 saturated heterocycles. The number of hydrogen-bond acceptors (Lipinski definition) is 5. The summed E-state index contributed by atoms with van der Waals surface area (Å²) in [5.41, 5.74) is 2.45. The van der Waals surface area contributed by atoms with Crippen molar-refractivity contribution < 1.29 is 10.3 Å². The van der Waals surface area contributed by atoms with Gasteiger partial charge in [0.15, 0.2) is 0 Å². The Hall–Kier alpha value is -1.67. The fourth-order valence-electron chi connectivity index (χ4n) is 2.87. The van der Waals surface area contributed by atoms with Gasteiger partial charge in [0.05, 0.1) is 12.9 Å². The van der Waals surface area contributed by atoms with Crippen LogP contribution in [0.3, 0.4) is 0 Å². The van der Waals surface area contributed by atoms with Gasteiger partial charge in [-0.3, -0.25) is 4.99 Å². The van der Waals surface area contributed by atoms with Crippen molar-refractivity contribution >= 4 is 52.9 Å². The molecule has 0 aliphatic carbocycles. The van der Waals surface area contributed by atoms with E-state index in [1.165, 1.54) is 5.56 Å². The molecule has 0 aromatic heterocycles. The number of halogens is 3. The van der Waals surface area contributed by atoms with Gasteiger partial charge in [0, 0.05) is 39.2 Å². The van der Waals surface area contributed by atoms with Crippen molar-refractivity contribution in [3.05, 3.63) is 78.8 Å². The van der Waals surface area contributed by atoms with Gasteiger partial charge < -0.3 is 10.1 Å². The van der Waals surface area contributed by atoms with E-state index in [0.29, 0.717) is 10.3 Å². The molecule has 2 aromatic carbocycles. The zero-order valence-corrected chi connectivity index (χ0v) is 19.2. The van der Waals surface area contributed by atoms with Crippen LogP contribution < -0.4 is 0 Å². The maximum atomic E-state index is 8.36. The first-order valence-electron chi connectivity index (χ1n) is 9.20. The van der Waals surface area contributed by atoms with Crippen LogP contribution in [0.5, 0.6) is 0 Å². The Labute approximate surface area is 194 Å². The highest BCUT2D eigenvalue weighted by Crippen LogP contribution is 2.28. The fourth-order valence-corrected chi connectivity index (χ4v) is 4.80. The maximum absolute atomic E-state index is 8.36. The second-order valence-electron chi connectivity index (χ2n) is 6.59. The van der Waals surface area contributed by atoms with E-state index in [0.717, 1.165) is 53.8 Å². The highest BCUT2D eigenvalue weighted by molar-refractivity contribution is 7.99. The normalized spacial score (nSPS) is 13.6. The standard InChI is InChI=1S/C20H21Cl3N2S.HNO3/c21-17-5-1-15(2-6-17)3-8-19(12-25-10-9-24-14-25)26-13-16-4-7-18(22)11-20(16)23;2-1(3)4/h1-2,4-7,11,14,19H,3,8-10,12-13H2;(H,2,3,4). The van der Waals surface area contributed by atoms with Gasteiger partial charge in [0.1, 0.15) is 0 Å². The number of rotatable bonds is 8. The first-order chi connectivity index (χ1) is 14.3. The van der Waals surface area contributed by atoms with Crippen molar-refractivity contribution in [2.24, 2.45) is 4.99 Å². The van der Waals surface area contributed by atoms with Crippen molar-refractivity contribution in [3.8, 4) is 0 Å². The van der Waals surface area contributed by atoms with E-state index in [1.807, 2.05) is 48.4 Å². The van der Waals surface area contributed by atoms with E-state index in [4.69, 9.17) is 50.1 Å². The number of nitrogens with zero attached hydrogens (tertiary/aromatic N) is 3. The number of benzene rings is 2. The first kappa shape index (κ1) is 24.6. The van der Waals surface area contributed by atoms with E-state index < -0.39 is 5.09 Å². The lowest BCUT2D eigenvalue weighted by Gasteiger charge is -2.23. The summed E-state index contributed by atoms with van der Waals surface area (Å²) in [4.78, 5) is 15.0. The zero-order valence-electron chi connectivity index (χ0n) is 16.1. The predicted octanol–water partition coefficient (Wildman–Crippen LogP) is 5.88. The molecule has 0 spiro atoms. The third-order valence-electron chi connectivity index (χ3n) is 4.36. The fraction of sp³-hybridized carbons (Fsp3) is 0.350. The Morgan fingerprint density at radius 2 is 1.83 bits per heavy atom. The van der Waals surface area contributed by atoms with E-state index in [-0.39, 0.29) is 0 Å². The predicted molar refractivity (Wildman–Crippen MR) is 125 cm³/mol. The van der Waals surface area contributed by atoms with Crippen molar-refractivity contribution in [1.29, 1.82) is 0 Å². The Balaban J connectivity index is 0.000000735. The third kappa shape index (κ3) is 9.43. The Morgan fingerprint density at radius 3 is 2.43 bits per heavy atom. The van der Waals surface area contributed by atoms with Crippen LogP contribution in [0.1, 0.15) is 17.5 Å². The van der Waals surface area contributed by atoms with Gasteiger partial charge >= 0.3 is 0 Å². The molecule has 1 heterocycles. The molecule has 1 atom stereocenters. The summed E-state index contributed by atoms with van der Waals surface area (Å²) in [5.74, 6) is 0.881. The highest BCUT2D eigenvalue weighted by atomic mass is 35.5. The van der Waals surface area contributed by atoms with E-state index in [1.54, 1.807) is 0 Å². The lowest BCUT2D eigenvalue weighted by Crippen LogP contribution is -2.29. The minimum atomic E-state index is -1.50. The number of aryl methyl sites for hydroxylation is 1. The Kier molecular flexibility index (Phi) is 10.6. The molecule has 0 fully saturated rings. The van der Waals surface area contributed by atoms with E-state index in [2.05, 4.69) is 22.0 Å². The number of thioether (sulfide) groups is 1. The van der Waals surface area contributed by atoms with E-state index >= 15 is 0 Å². The molecule has 2 aromatic rings. The van der Waals surface area contributed by atoms with Crippen LogP contribution in [0, 0.1) is 10.1 Å². The summed E-state index contributed by atoms with van der Waals surface area (Å²) in [7, 11) is 0. The van der Waals surface area contributed by atoms with Crippen molar-refractivity contribution in [3.63, 3.8) is 0 Å². The third-order valence-corrected chi connectivity index (χ3v) is 6.53. The quantitative estimate of drug-likeness (QED) is 0.369. The molecule has 10 heteroatoms. The van der Waals surface area contributed by atoms with Crippen LogP contribution in [-0.2, 0) is 12.2 Å². The van der Waals surface area contributed by atoms with Gasteiger partial charge in [0.2, 0.25) is 0 Å². The molecule has 0 radical (unpaired) electrons. The SMILES string of the molecule is Clc1ccc(CCC(CN2C=NCC2)SCc2ccc(Cl)cc2Cl)cc1.O=[N+]([O-])O. The second-order valence-corrected chi connectivity index (χ2v) is 9.16. The lowest BCUT2D eigenvalue weighted by atomic mass is 10.1. The summed E-state index contributed by atoms with van der Waals surface area (Å²) < 4.78 is 0. The highest BCUT2D eigenvalue weighted by Gasteiger charge is 2.16. The second kappa shape index (κ2) is 12.9. The molecule has 1 unspecified atom stereocenters. The van der Waals surface area contributed by atoms with Gasteiger partial charge in [-0.25, -0.2) is 0 Å². The van der Waals surface area contributed by atoms with Crippen LogP contribution in [-0.4, -0.2) is 46.4 Å². The maximum Gasteiger partial charge on any atom is 0.291 e. The first-order valence-corrected chi connectivity index (χ1v) is 11.4. The average Bonchev–Trinajstić information content (AvgIpc) is 3.19. The van der Waals surface area contributed by atoms with Gasteiger partial charge in [0.25, 0.3) is 5.09 Å². The van der Waals surface area contributed by atoms with Crippen molar-refractivity contribution in [2.75, 3.05) is 19.6 Å². The van der Waals surface area contributed by atoms with Crippen LogP contribution in [0.25, 0.3) is 0 Å². The molecule has 6 nitrogen and oxygen atoms in total. The van der Waals surface area contributed by atoms with E-state index in [9.17, 15) is 0 Å². The van der Waals surface area contributed by atoms with Gasteiger partial charge in [-0.1, -0.05) is 53.0 Å². The molecule has 0 amide bonds. The van der Waals surface area contributed by atoms with Gasteiger partial charge in [-0.2, -0.15) is 11.8 Å². The molecule has 0 bridgehead atoms. The Bertz CT molecular complexity index is 849. The van der Waals surface area contributed by atoms with Crippen LogP contribution >= 0.6 is 46.6 Å². The van der Waals surface area contributed by atoms with Gasteiger partial charge in [-0.15, -0.1) is 10.1 Å². The summed E-state index contributed by atoms with van der Waals surface area (Å²) >= 11 is 20.3. The topological polar surface area (TPSA) is 79.0 Å². The lowest BCUT2D eigenvalue weighted by molar-refractivity contribution is -0.742. The molecule has 1 aliphatic rings. The summed E-state index contributed by atoms with van der Waals surface area (Å²) in [5, 5.41) is 16.3. The number of aliphatic imine (C=N–C) groups is 1. The van der Waals surface area contributed by atoms with Crippen LogP contribution in [0.2, 0.25) is 15.1 Å². The van der Waals surface area contributed by atoms with Crippen molar-refractivity contribution in [1.82, 2.24) is 4.90 Å². The largest absolute Gasteiger partial charge is 0.360 e. The zero-order chi connectivity index (χ0) is 21.9. The monoisotopic (exact) mass is 489 g/mol. The molecule has 1 aliphatic heterocycles.